The van der Waals surface area contributed by atoms with Gasteiger partial charge in [-0.25, -0.2) is 4.99 Å². The molecule has 1 aromatic carbocycles. The van der Waals surface area contributed by atoms with Gasteiger partial charge in [-0.2, -0.15) is 0 Å². The molecule has 0 spiro atoms. The number of hydrogen-bond donors (Lipinski definition) is 2. The van der Waals surface area contributed by atoms with Crippen molar-refractivity contribution >= 4 is 5.96 Å². The lowest BCUT2D eigenvalue weighted by molar-refractivity contribution is 0.0203. The first-order valence-electron chi connectivity index (χ1n) is 10.7. The van der Waals surface area contributed by atoms with Gasteiger partial charge in [0.15, 0.2) is 5.96 Å². The second kappa shape index (κ2) is 14.1. The summed E-state index contributed by atoms with van der Waals surface area (Å²) in [5, 5.41) is 6.63. The minimum atomic E-state index is -0.0413. The average molecular weight is 408 g/mol. The van der Waals surface area contributed by atoms with Crippen LogP contribution in [0.15, 0.2) is 29.3 Å². The predicted molar refractivity (Wildman–Crippen MR) is 116 cm³/mol. The fourth-order valence-electron chi connectivity index (χ4n) is 3.05. The lowest BCUT2D eigenvalue weighted by atomic mass is 10.0. The molecule has 1 saturated heterocycles. The number of nitrogens with zero attached hydrogens (tertiary/aromatic N) is 1. The molecule has 0 radical (unpaired) electrons. The van der Waals surface area contributed by atoms with E-state index in [9.17, 15) is 0 Å². The van der Waals surface area contributed by atoms with E-state index in [1.807, 2.05) is 31.2 Å². The Morgan fingerprint density at radius 3 is 2.79 bits per heavy atom. The first-order valence-corrected chi connectivity index (χ1v) is 10.7. The molecule has 0 aromatic heterocycles. The van der Waals surface area contributed by atoms with E-state index >= 15 is 0 Å². The highest BCUT2D eigenvalue weighted by Gasteiger charge is 2.13. The van der Waals surface area contributed by atoms with Crippen LogP contribution in [0.3, 0.4) is 0 Å². The Kier molecular flexibility index (Phi) is 11.3. The van der Waals surface area contributed by atoms with Gasteiger partial charge in [0.05, 0.1) is 13.7 Å². The Balaban J connectivity index is 1.64. The van der Waals surface area contributed by atoms with Gasteiger partial charge in [-0.15, -0.1) is 0 Å². The monoisotopic (exact) mass is 407 g/mol. The van der Waals surface area contributed by atoms with Crippen LogP contribution in [0.5, 0.6) is 11.5 Å². The molecule has 1 aliphatic heterocycles. The minimum Gasteiger partial charge on any atom is -0.497 e. The van der Waals surface area contributed by atoms with E-state index in [0.717, 1.165) is 76.2 Å². The molecule has 1 fully saturated rings. The van der Waals surface area contributed by atoms with Gasteiger partial charge in [0.1, 0.15) is 17.6 Å². The number of guanidine groups is 1. The van der Waals surface area contributed by atoms with E-state index in [0.29, 0.717) is 12.5 Å². The van der Waals surface area contributed by atoms with Gasteiger partial charge in [-0.1, -0.05) is 6.07 Å². The van der Waals surface area contributed by atoms with E-state index in [1.165, 1.54) is 0 Å². The van der Waals surface area contributed by atoms with Crippen molar-refractivity contribution in [1.82, 2.24) is 10.6 Å². The first kappa shape index (κ1) is 23.3. The van der Waals surface area contributed by atoms with Crippen molar-refractivity contribution in [3.05, 3.63) is 24.3 Å². The van der Waals surface area contributed by atoms with E-state index in [-0.39, 0.29) is 6.10 Å². The molecule has 2 rings (SSSR count). The first-order chi connectivity index (χ1) is 14.2. The third-order valence-electron chi connectivity index (χ3n) is 4.68. The maximum Gasteiger partial charge on any atom is 0.191 e. The molecule has 1 unspecified atom stereocenters. The molecule has 7 nitrogen and oxygen atoms in total. The largest absolute Gasteiger partial charge is 0.497 e. The topological polar surface area (TPSA) is 73.3 Å². The highest BCUT2D eigenvalue weighted by Crippen LogP contribution is 2.20. The standard InChI is InChI=1S/C22H37N3O4/c1-4-23-22(24-11-6-12-28-17-19-9-13-27-14-10-19)25-16-18(2)29-21-8-5-7-20(15-21)26-3/h5,7-8,15,18-19H,4,6,9-14,16-17H2,1-3H3,(H2,23,24,25). The quantitative estimate of drug-likeness (QED) is 0.315. The van der Waals surface area contributed by atoms with E-state index in [2.05, 4.69) is 22.5 Å². The van der Waals surface area contributed by atoms with Gasteiger partial charge in [-0.05, 0) is 51.2 Å². The van der Waals surface area contributed by atoms with Gasteiger partial charge in [0.25, 0.3) is 0 Å². The summed E-state index contributed by atoms with van der Waals surface area (Å²) >= 11 is 0. The molecule has 7 heteroatoms. The van der Waals surface area contributed by atoms with Crippen molar-refractivity contribution in [2.24, 2.45) is 10.9 Å². The molecule has 1 heterocycles. The molecule has 0 saturated carbocycles. The predicted octanol–water partition coefficient (Wildman–Crippen LogP) is 2.85. The van der Waals surface area contributed by atoms with E-state index in [1.54, 1.807) is 7.11 Å². The fraction of sp³-hybridized carbons (Fsp3) is 0.682. The molecular formula is C22H37N3O4. The molecule has 1 atom stereocenters. The SMILES string of the molecule is CCNC(=NCC(C)Oc1cccc(OC)c1)NCCCOCC1CCOCC1. The Bertz CT molecular complexity index is 591. The Hall–Kier alpha value is -1.99. The van der Waals surface area contributed by atoms with E-state index in [4.69, 9.17) is 18.9 Å². The van der Waals surface area contributed by atoms with Crippen LogP contribution in [-0.4, -0.2) is 65.2 Å². The smallest absolute Gasteiger partial charge is 0.191 e. The maximum absolute atomic E-state index is 5.93. The van der Waals surface area contributed by atoms with Crippen LogP contribution in [0.25, 0.3) is 0 Å². The van der Waals surface area contributed by atoms with Crippen molar-refractivity contribution in [1.29, 1.82) is 0 Å². The Morgan fingerprint density at radius 1 is 1.24 bits per heavy atom. The van der Waals surface area contributed by atoms with Gasteiger partial charge in [0, 0.05) is 45.6 Å². The van der Waals surface area contributed by atoms with Crippen LogP contribution in [-0.2, 0) is 9.47 Å². The molecular weight excluding hydrogens is 370 g/mol. The molecule has 164 valence electrons. The molecule has 1 aliphatic rings. The third-order valence-corrected chi connectivity index (χ3v) is 4.68. The molecule has 0 aliphatic carbocycles. The van der Waals surface area contributed by atoms with Gasteiger partial charge in [0.2, 0.25) is 0 Å². The number of hydrogen-bond acceptors (Lipinski definition) is 5. The number of benzene rings is 1. The van der Waals surface area contributed by atoms with Crippen molar-refractivity contribution in [3.8, 4) is 11.5 Å². The molecule has 0 bridgehead atoms. The summed E-state index contributed by atoms with van der Waals surface area (Å²) in [6.07, 6.45) is 3.14. The summed E-state index contributed by atoms with van der Waals surface area (Å²) in [6, 6.07) is 7.62. The highest BCUT2D eigenvalue weighted by molar-refractivity contribution is 5.79. The normalized spacial score (nSPS) is 16.3. The maximum atomic E-state index is 5.93. The summed E-state index contributed by atoms with van der Waals surface area (Å²) in [4.78, 5) is 4.63. The Labute approximate surface area is 175 Å². The lowest BCUT2D eigenvalue weighted by Crippen LogP contribution is -2.38. The number of methoxy groups -OCH3 is 1. The van der Waals surface area contributed by atoms with Gasteiger partial charge in [-0.3, -0.25) is 0 Å². The summed E-state index contributed by atoms with van der Waals surface area (Å²) in [7, 11) is 1.65. The fourth-order valence-corrected chi connectivity index (χ4v) is 3.05. The minimum absolute atomic E-state index is 0.0413. The number of rotatable bonds is 12. The number of ether oxygens (including phenoxy) is 4. The molecule has 1 aromatic rings. The second-order valence-electron chi connectivity index (χ2n) is 7.24. The summed E-state index contributed by atoms with van der Waals surface area (Å²) in [6.45, 7) is 9.63. The number of aliphatic imine (C=N–C) groups is 1. The van der Waals surface area contributed by atoms with Crippen LogP contribution in [0.1, 0.15) is 33.1 Å². The number of nitrogens with one attached hydrogen (secondary N) is 2. The van der Waals surface area contributed by atoms with Crippen LogP contribution in [0.4, 0.5) is 0 Å². The second-order valence-corrected chi connectivity index (χ2v) is 7.24. The van der Waals surface area contributed by atoms with Crippen LogP contribution >= 0.6 is 0 Å². The van der Waals surface area contributed by atoms with Gasteiger partial charge >= 0.3 is 0 Å². The van der Waals surface area contributed by atoms with Crippen LogP contribution in [0.2, 0.25) is 0 Å². The summed E-state index contributed by atoms with van der Waals surface area (Å²) in [5.74, 6) is 3.03. The summed E-state index contributed by atoms with van der Waals surface area (Å²) < 4.78 is 22.3. The van der Waals surface area contributed by atoms with Crippen LogP contribution in [0, 0.1) is 5.92 Å². The molecule has 29 heavy (non-hydrogen) atoms. The third kappa shape index (κ3) is 9.85. The lowest BCUT2D eigenvalue weighted by Gasteiger charge is -2.21. The zero-order chi connectivity index (χ0) is 20.7. The van der Waals surface area contributed by atoms with Crippen molar-refractivity contribution in [2.45, 2.75) is 39.2 Å². The van der Waals surface area contributed by atoms with Crippen molar-refractivity contribution in [3.63, 3.8) is 0 Å². The zero-order valence-corrected chi connectivity index (χ0v) is 18.1. The molecule has 0 amide bonds. The summed E-state index contributed by atoms with van der Waals surface area (Å²) in [5.41, 5.74) is 0. The molecule has 2 N–H and O–H groups in total. The van der Waals surface area contributed by atoms with Crippen molar-refractivity contribution < 1.29 is 18.9 Å². The van der Waals surface area contributed by atoms with E-state index < -0.39 is 0 Å². The zero-order valence-electron chi connectivity index (χ0n) is 18.1. The highest BCUT2D eigenvalue weighted by atomic mass is 16.5. The average Bonchev–Trinajstić information content (AvgIpc) is 2.75. The van der Waals surface area contributed by atoms with Crippen LogP contribution < -0.4 is 20.1 Å². The van der Waals surface area contributed by atoms with Crippen molar-refractivity contribution in [2.75, 3.05) is 53.2 Å². The van der Waals surface area contributed by atoms with Gasteiger partial charge < -0.3 is 29.6 Å². The Morgan fingerprint density at radius 2 is 2.03 bits per heavy atom.